The Morgan fingerprint density at radius 1 is 0.912 bits per heavy atom. The zero-order valence-corrected chi connectivity index (χ0v) is 19.4. The molecule has 34 heavy (non-hydrogen) atoms. The average molecular weight is 460 g/mol. The maximum atomic E-state index is 13.0. The Morgan fingerprint density at radius 3 is 2.32 bits per heavy atom. The van der Waals surface area contributed by atoms with Crippen molar-refractivity contribution in [3.05, 3.63) is 86.4 Å². The van der Waals surface area contributed by atoms with E-state index >= 15 is 0 Å². The van der Waals surface area contributed by atoms with Crippen molar-refractivity contribution in [1.29, 1.82) is 0 Å². The lowest BCUT2D eigenvalue weighted by Gasteiger charge is -2.32. The number of likely N-dealkylation sites (tertiary alicyclic amines) is 1. The normalized spacial score (nSPS) is 16.0. The van der Waals surface area contributed by atoms with Crippen LogP contribution in [0.4, 0.5) is 11.6 Å². The molecule has 0 unspecified atom stereocenters. The first-order valence-corrected chi connectivity index (χ1v) is 11.9. The van der Waals surface area contributed by atoms with Crippen molar-refractivity contribution in [1.82, 2.24) is 19.2 Å². The van der Waals surface area contributed by atoms with Gasteiger partial charge in [-0.2, -0.15) is 0 Å². The van der Waals surface area contributed by atoms with E-state index in [1.165, 1.54) is 10.1 Å². The van der Waals surface area contributed by atoms with Gasteiger partial charge in [0.15, 0.2) is 0 Å². The molecule has 2 aliphatic rings. The zero-order chi connectivity index (χ0) is 23.7. The monoisotopic (exact) mass is 459 g/mol. The average Bonchev–Trinajstić information content (AvgIpc) is 3.28. The van der Waals surface area contributed by atoms with Gasteiger partial charge in [-0.25, -0.2) is 4.68 Å². The lowest BCUT2D eigenvalue weighted by Crippen LogP contribution is -2.47. The quantitative estimate of drug-likeness (QED) is 0.547. The Labute approximate surface area is 198 Å². The first-order valence-electron chi connectivity index (χ1n) is 11.9. The van der Waals surface area contributed by atoms with E-state index in [0.29, 0.717) is 38.0 Å². The minimum Gasteiger partial charge on any atom is -0.341 e. The van der Waals surface area contributed by atoms with Crippen LogP contribution in [0.3, 0.4) is 0 Å². The summed E-state index contributed by atoms with van der Waals surface area (Å²) in [6.07, 6.45) is 2.87. The highest BCUT2D eigenvalue weighted by molar-refractivity contribution is 5.76. The van der Waals surface area contributed by atoms with Crippen molar-refractivity contribution in [3.8, 4) is 0 Å². The number of hydrogen-bond acceptors (Lipinski definition) is 5. The maximum Gasteiger partial charge on any atom is 0.333 e. The highest BCUT2D eigenvalue weighted by atomic mass is 16.2. The Hall–Kier alpha value is -3.68. The second-order valence-electron chi connectivity index (χ2n) is 9.22. The second-order valence-corrected chi connectivity index (χ2v) is 9.22. The maximum absolute atomic E-state index is 13.0. The lowest BCUT2D eigenvalue weighted by atomic mass is 9.90. The van der Waals surface area contributed by atoms with Gasteiger partial charge >= 0.3 is 11.1 Å². The van der Waals surface area contributed by atoms with E-state index in [4.69, 9.17) is 0 Å². The molecule has 2 aliphatic heterocycles. The summed E-state index contributed by atoms with van der Waals surface area (Å²) in [7, 11) is 0. The lowest BCUT2D eigenvalue weighted by molar-refractivity contribution is -0.133. The first kappa shape index (κ1) is 22.1. The van der Waals surface area contributed by atoms with Crippen molar-refractivity contribution in [2.75, 3.05) is 24.5 Å². The van der Waals surface area contributed by atoms with Crippen LogP contribution in [-0.2, 0) is 24.3 Å². The van der Waals surface area contributed by atoms with Crippen LogP contribution in [-0.4, -0.2) is 44.8 Å². The number of nitrogens with zero attached hydrogens (tertiary/aromatic N) is 5. The number of carbonyl (C=O) groups excluding carboxylic acids is 1. The summed E-state index contributed by atoms with van der Waals surface area (Å²) in [5.74, 6) is 0.778. The largest absolute Gasteiger partial charge is 0.341 e. The van der Waals surface area contributed by atoms with Gasteiger partial charge in [-0.15, -0.1) is 5.10 Å². The fraction of sp³-hybridized carbons (Fsp3) is 0.385. The molecule has 3 heterocycles. The first-order chi connectivity index (χ1) is 16.5. The third-order valence-corrected chi connectivity index (χ3v) is 6.87. The molecule has 0 atom stereocenters. The van der Waals surface area contributed by atoms with Gasteiger partial charge in [0.25, 0.3) is 0 Å². The van der Waals surface area contributed by atoms with Crippen LogP contribution in [0.2, 0.25) is 0 Å². The molecular formula is C26H29N5O3. The smallest absolute Gasteiger partial charge is 0.333 e. The standard InChI is InChI=1S/C26H29N5O3/c1-19-7-9-22(10-8-19)29-15-16-30-24(33)25(34)31(27-26(29)30)18-23(32)28-13-11-21(12-14-28)17-20-5-3-2-4-6-20/h2-10,21H,11-18H2,1H3. The molecule has 1 aromatic heterocycles. The third kappa shape index (κ3) is 4.40. The molecule has 5 rings (SSSR count). The predicted octanol–water partition coefficient (Wildman–Crippen LogP) is 2.35. The summed E-state index contributed by atoms with van der Waals surface area (Å²) in [4.78, 5) is 42.1. The molecule has 1 fully saturated rings. The molecule has 1 saturated heterocycles. The van der Waals surface area contributed by atoms with Gasteiger partial charge in [0, 0.05) is 31.9 Å². The van der Waals surface area contributed by atoms with Crippen LogP contribution in [0.1, 0.15) is 24.0 Å². The van der Waals surface area contributed by atoms with Crippen LogP contribution >= 0.6 is 0 Å². The van der Waals surface area contributed by atoms with E-state index in [1.54, 1.807) is 4.90 Å². The molecule has 8 heteroatoms. The van der Waals surface area contributed by atoms with Crippen molar-refractivity contribution in [2.24, 2.45) is 5.92 Å². The summed E-state index contributed by atoms with van der Waals surface area (Å²) in [5.41, 5.74) is 1.98. The van der Waals surface area contributed by atoms with Gasteiger partial charge in [0.05, 0.1) is 0 Å². The van der Waals surface area contributed by atoms with E-state index < -0.39 is 11.1 Å². The molecule has 0 aliphatic carbocycles. The number of benzene rings is 2. The summed E-state index contributed by atoms with van der Waals surface area (Å²) in [6.45, 7) is 4.06. The fourth-order valence-corrected chi connectivity index (χ4v) is 4.86. The van der Waals surface area contributed by atoms with Crippen LogP contribution in [0.5, 0.6) is 0 Å². The number of aryl methyl sites for hydroxylation is 1. The van der Waals surface area contributed by atoms with Crippen molar-refractivity contribution >= 4 is 17.5 Å². The van der Waals surface area contributed by atoms with E-state index in [2.05, 4.69) is 29.4 Å². The van der Waals surface area contributed by atoms with Gasteiger partial charge in [-0.1, -0.05) is 48.0 Å². The number of hydrogen-bond donors (Lipinski definition) is 0. The van der Waals surface area contributed by atoms with Gasteiger partial charge in [-0.3, -0.25) is 19.0 Å². The molecule has 0 saturated carbocycles. The highest BCUT2D eigenvalue weighted by Crippen LogP contribution is 2.26. The van der Waals surface area contributed by atoms with E-state index in [9.17, 15) is 14.4 Å². The van der Waals surface area contributed by atoms with Gasteiger partial charge in [-0.05, 0) is 49.8 Å². The second kappa shape index (κ2) is 9.29. The van der Waals surface area contributed by atoms with E-state index in [1.807, 2.05) is 42.2 Å². The highest BCUT2D eigenvalue weighted by Gasteiger charge is 2.28. The molecule has 3 aromatic rings. The topological polar surface area (TPSA) is 80.4 Å². The van der Waals surface area contributed by atoms with Crippen LogP contribution in [0.25, 0.3) is 0 Å². The number of amides is 1. The van der Waals surface area contributed by atoms with Crippen molar-refractivity contribution in [3.63, 3.8) is 0 Å². The molecule has 176 valence electrons. The molecule has 0 spiro atoms. The summed E-state index contributed by atoms with van der Waals surface area (Å²) < 4.78 is 2.44. The van der Waals surface area contributed by atoms with Gasteiger partial charge in [0.2, 0.25) is 11.9 Å². The molecule has 2 aromatic carbocycles. The number of fused-ring (bicyclic) bond motifs is 1. The van der Waals surface area contributed by atoms with Crippen LogP contribution in [0.15, 0.2) is 64.2 Å². The molecular weight excluding hydrogens is 430 g/mol. The minimum absolute atomic E-state index is 0.169. The van der Waals surface area contributed by atoms with E-state index in [-0.39, 0.29) is 12.5 Å². The third-order valence-electron chi connectivity index (χ3n) is 6.87. The van der Waals surface area contributed by atoms with Crippen molar-refractivity contribution < 1.29 is 4.79 Å². The molecule has 0 N–H and O–H groups in total. The molecule has 0 radical (unpaired) electrons. The fourth-order valence-electron chi connectivity index (χ4n) is 4.86. The van der Waals surface area contributed by atoms with E-state index in [0.717, 1.165) is 35.2 Å². The predicted molar refractivity (Wildman–Crippen MR) is 130 cm³/mol. The Morgan fingerprint density at radius 2 is 1.62 bits per heavy atom. The Kier molecular flexibility index (Phi) is 6.04. The van der Waals surface area contributed by atoms with Crippen molar-refractivity contribution in [2.45, 2.75) is 39.3 Å². The van der Waals surface area contributed by atoms with Gasteiger partial charge in [0.1, 0.15) is 6.54 Å². The number of aromatic nitrogens is 3. The number of carbonyl (C=O) groups is 1. The minimum atomic E-state index is -0.748. The summed E-state index contributed by atoms with van der Waals surface area (Å²) in [6, 6.07) is 18.3. The summed E-state index contributed by atoms with van der Waals surface area (Å²) >= 11 is 0. The van der Waals surface area contributed by atoms with Crippen LogP contribution < -0.4 is 16.0 Å². The molecule has 0 bridgehead atoms. The van der Waals surface area contributed by atoms with Gasteiger partial charge < -0.3 is 9.80 Å². The number of rotatable bonds is 5. The number of anilines is 2. The zero-order valence-electron chi connectivity index (χ0n) is 19.4. The molecule has 8 nitrogen and oxygen atoms in total. The molecule has 1 amide bonds. The summed E-state index contributed by atoms with van der Waals surface area (Å²) in [5, 5.41) is 4.45. The Bertz CT molecular complexity index is 1290. The SMILES string of the molecule is Cc1ccc(N2CCn3c2nn(CC(=O)N2CCC(Cc4ccccc4)CC2)c(=O)c3=O)cc1. The van der Waals surface area contributed by atoms with Crippen LogP contribution in [0, 0.1) is 12.8 Å². The number of piperidine rings is 1. The Balaban J connectivity index is 1.28.